The standard InChI is InChI=1S/C15H22/c1-5-6-13(4)15-9-7-14(8-10-15)11-12(2)3/h5-7,9,12H,1,8,10-11H2,2-4H3/b13-6+. The molecule has 0 unspecified atom stereocenters. The molecule has 82 valence electrons. The van der Waals surface area contributed by atoms with Crippen LogP contribution in [-0.4, -0.2) is 0 Å². The van der Waals surface area contributed by atoms with E-state index in [-0.39, 0.29) is 0 Å². The average Bonchev–Trinajstić information content (AvgIpc) is 2.18. The molecule has 0 aliphatic heterocycles. The first kappa shape index (κ1) is 12.0. The molecule has 0 aromatic carbocycles. The summed E-state index contributed by atoms with van der Waals surface area (Å²) >= 11 is 0. The summed E-state index contributed by atoms with van der Waals surface area (Å²) in [5.41, 5.74) is 4.41. The zero-order valence-electron chi connectivity index (χ0n) is 10.2. The fourth-order valence-electron chi connectivity index (χ4n) is 1.99. The molecule has 0 atom stereocenters. The molecule has 0 spiro atoms. The van der Waals surface area contributed by atoms with Gasteiger partial charge in [0.2, 0.25) is 0 Å². The summed E-state index contributed by atoms with van der Waals surface area (Å²) in [6.07, 6.45) is 12.2. The zero-order valence-corrected chi connectivity index (χ0v) is 10.2. The highest BCUT2D eigenvalue weighted by molar-refractivity contribution is 5.38. The van der Waals surface area contributed by atoms with Gasteiger partial charge in [-0.2, -0.15) is 0 Å². The first-order chi connectivity index (χ1) is 7.13. The van der Waals surface area contributed by atoms with Crippen LogP contribution >= 0.6 is 0 Å². The summed E-state index contributed by atoms with van der Waals surface area (Å²) in [5, 5.41) is 0. The Morgan fingerprint density at radius 3 is 2.60 bits per heavy atom. The van der Waals surface area contributed by atoms with Gasteiger partial charge in [-0.25, -0.2) is 0 Å². The number of rotatable bonds is 4. The van der Waals surface area contributed by atoms with Crippen molar-refractivity contribution >= 4 is 0 Å². The van der Waals surface area contributed by atoms with Crippen LogP contribution in [0.15, 0.2) is 47.6 Å². The van der Waals surface area contributed by atoms with Gasteiger partial charge in [0.25, 0.3) is 0 Å². The molecule has 0 fully saturated rings. The highest BCUT2D eigenvalue weighted by atomic mass is 14.1. The van der Waals surface area contributed by atoms with Crippen LogP contribution in [0.3, 0.4) is 0 Å². The molecule has 15 heavy (non-hydrogen) atoms. The number of hydrogen-bond donors (Lipinski definition) is 0. The van der Waals surface area contributed by atoms with Crippen molar-refractivity contribution in [1.29, 1.82) is 0 Å². The molecule has 0 N–H and O–H groups in total. The van der Waals surface area contributed by atoms with Gasteiger partial charge in [-0.1, -0.05) is 50.3 Å². The fraction of sp³-hybridized carbons (Fsp3) is 0.467. The van der Waals surface area contributed by atoms with Gasteiger partial charge in [0.15, 0.2) is 0 Å². The maximum atomic E-state index is 3.73. The van der Waals surface area contributed by atoms with Crippen LogP contribution in [0.5, 0.6) is 0 Å². The molecule has 0 heteroatoms. The zero-order chi connectivity index (χ0) is 11.3. The van der Waals surface area contributed by atoms with Crippen LogP contribution in [0.4, 0.5) is 0 Å². The van der Waals surface area contributed by atoms with Gasteiger partial charge in [0.1, 0.15) is 0 Å². The van der Waals surface area contributed by atoms with Gasteiger partial charge < -0.3 is 0 Å². The lowest BCUT2D eigenvalue weighted by molar-refractivity contribution is 0.621. The molecule has 1 aliphatic carbocycles. The van der Waals surface area contributed by atoms with Crippen LogP contribution in [0.2, 0.25) is 0 Å². The molecule has 0 heterocycles. The summed E-state index contributed by atoms with van der Waals surface area (Å²) in [6, 6.07) is 0. The van der Waals surface area contributed by atoms with E-state index in [2.05, 4.69) is 45.6 Å². The Bertz CT molecular complexity index is 311. The normalized spacial score (nSPS) is 17.5. The molecule has 0 saturated carbocycles. The van der Waals surface area contributed by atoms with Gasteiger partial charge in [0, 0.05) is 0 Å². The number of allylic oxidation sites excluding steroid dienone is 7. The van der Waals surface area contributed by atoms with E-state index in [1.165, 1.54) is 30.4 Å². The Morgan fingerprint density at radius 2 is 2.13 bits per heavy atom. The van der Waals surface area contributed by atoms with E-state index >= 15 is 0 Å². The molecule has 0 aromatic heterocycles. The summed E-state index contributed by atoms with van der Waals surface area (Å²) in [5.74, 6) is 0.774. The molecular weight excluding hydrogens is 180 g/mol. The molecule has 0 saturated heterocycles. The third-order valence-electron chi connectivity index (χ3n) is 2.78. The van der Waals surface area contributed by atoms with E-state index in [1.54, 1.807) is 5.57 Å². The highest BCUT2D eigenvalue weighted by Gasteiger charge is 2.08. The largest absolute Gasteiger partial charge is 0.0991 e. The maximum absolute atomic E-state index is 3.73. The third kappa shape index (κ3) is 3.91. The Morgan fingerprint density at radius 1 is 1.40 bits per heavy atom. The molecule has 0 aromatic rings. The van der Waals surface area contributed by atoms with Crippen LogP contribution in [0.25, 0.3) is 0 Å². The van der Waals surface area contributed by atoms with E-state index in [0.29, 0.717) is 0 Å². The second-order valence-corrected chi connectivity index (χ2v) is 4.70. The summed E-state index contributed by atoms with van der Waals surface area (Å²) < 4.78 is 0. The Kier molecular flexibility index (Phi) is 4.61. The molecular formula is C15H22. The van der Waals surface area contributed by atoms with Crippen LogP contribution in [0.1, 0.15) is 40.0 Å². The second kappa shape index (κ2) is 5.75. The smallest absolute Gasteiger partial charge is 0.0239 e. The lowest BCUT2D eigenvalue weighted by atomic mass is 9.90. The topological polar surface area (TPSA) is 0 Å². The first-order valence-corrected chi connectivity index (χ1v) is 5.81. The van der Waals surface area contributed by atoms with E-state index in [1.807, 2.05) is 6.08 Å². The highest BCUT2D eigenvalue weighted by Crippen LogP contribution is 2.27. The third-order valence-corrected chi connectivity index (χ3v) is 2.78. The molecule has 0 bridgehead atoms. The van der Waals surface area contributed by atoms with E-state index in [9.17, 15) is 0 Å². The van der Waals surface area contributed by atoms with Crippen molar-refractivity contribution in [2.75, 3.05) is 0 Å². The van der Waals surface area contributed by atoms with Crippen molar-refractivity contribution in [3.63, 3.8) is 0 Å². The minimum atomic E-state index is 0.774. The lowest BCUT2D eigenvalue weighted by Crippen LogP contribution is -1.98. The van der Waals surface area contributed by atoms with Crippen molar-refractivity contribution in [3.05, 3.63) is 47.6 Å². The van der Waals surface area contributed by atoms with Gasteiger partial charge >= 0.3 is 0 Å². The average molecular weight is 202 g/mol. The maximum Gasteiger partial charge on any atom is -0.0239 e. The van der Waals surface area contributed by atoms with Crippen LogP contribution in [0, 0.1) is 5.92 Å². The van der Waals surface area contributed by atoms with Gasteiger partial charge in [-0.3, -0.25) is 0 Å². The van der Waals surface area contributed by atoms with Crippen LogP contribution < -0.4 is 0 Å². The molecule has 0 radical (unpaired) electrons. The minimum absolute atomic E-state index is 0.774. The van der Waals surface area contributed by atoms with Crippen molar-refractivity contribution in [1.82, 2.24) is 0 Å². The predicted octanol–water partition coefficient (Wildman–Crippen LogP) is 4.81. The minimum Gasteiger partial charge on any atom is -0.0991 e. The van der Waals surface area contributed by atoms with Crippen molar-refractivity contribution in [3.8, 4) is 0 Å². The van der Waals surface area contributed by atoms with Crippen LogP contribution in [-0.2, 0) is 0 Å². The van der Waals surface area contributed by atoms with Gasteiger partial charge in [0.05, 0.1) is 0 Å². The monoisotopic (exact) mass is 202 g/mol. The summed E-state index contributed by atoms with van der Waals surface area (Å²) in [4.78, 5) is 0. The van der Waals surface area contributed by atoms with E-state index < -0.39 is 0 Å². The summed E-state index contributed by atoms with van der Waals surface area (Å²) in [6.45, 7) is 10.5. The first-order valence-electron chi connectivity index (χ1n) is 5.81. The van der Waals surface area contributed by atoms with Crippen molar-refractivity contribution in [2.45, 2.75) is 40.0 Å². The molecule has 1 aliphatic rings. The predicted molar refractivity (Wildman–Crippen MR) is 68.8 cm³/mol. The second-order valence-electron chi connectivity index (χ2n) is 4.70. The SMILES string of the molecule is C=C/C=C(\C)C1=CC=C(CC(C)C)CC1. The van der Waals surface area contributed by atoms with Crippen molar-refractivity contribution < 1.29 is 0 Å². The Hall–Kier alpha value is -1.04. The fourth-order valence-corrected chi connectivity index (χ4v) is 1.99. The Labute approximate surface area is 94.1 Å². The quantitative estimate of drug-likeness (QED) is 0.574. The number of hydrogen-bond acceptors (Lipinski definition) is 0. The Balaban J connectivity index is 2.67. The van der Waals surface area contributed by atoms with E-state index in [4.69, 9.17) is 0 Å². The molecule has 1 rings (SSSR count). The summed E-state index contributed by atoms with van der Waals surface area (Å²) in [7, 11) is 0. The molecule has 0 nitrogen and oxygen atoms in total. The van der Waals surface area contributed by atoms with Crippen molar-refractivity contribution in [2.24, 2.45) is 5.92 Å². The van der Waals surface area contributed by atoms with Gasteiger partial charge in [-0.05, 0) is 43.3 Å². The van der Waals surface area contributed by atoms with E-state index in [0.717, 1.165) is 5.92 Å². The molecule has 0 amide bonds. The lowest BCUT2D eigenvalue weighted by Gasteiger charge is -2.16. The van der Waals surface area contributed by atoms with Gasteiger partial charge in [-0.15, -0.1) is 0 Å².